The number of nitro benzene ring substituents is 1. The number of hydrogen-bond donors (Lipinski definition) is 1. The Hall–Kier alpha value is -5.38. The van der Waals surface area contributed by atoms with Crippen molar-refractivity contribution >= 4 is 17.8 Å². The summed E-state index contributed by atoms with van der Waals surface area (Å²) in [5, 5.41) is 14.9. The van der Waals surface area contributed by atoms with Crippen molar-refractivity contribution in [3.63, 3.8) is 0 Å². The first-order valence-electron chi connectivity index (χ1n) is 12.8. The van der Waals surface area contributed by atoms with Gasteiger partial charge in [-0.25, -0.2) is 5.43 Å². The van der Waals surface area contributed by atoms with Gasteiger partial charge in [0.1, 0.15) is 13.2 Å². The summed E-state index contributed by atoms with van der Waals surface area (Å²) in [6.07, 6.45) is 1.45. The third-order valence-corrected chi connectivity index (χ3v) is 5.83. The molecule has 10 nitrogen and oxygen atoms in total. The molecule has 0 saturated heterocycles. The molecule has 0 unspecified atom stereocenters. The van der Waals surface area contributed by atoms with Crippen LogP contribution in [0.1, 0.15) is 34.0 Å². The summed E-state index contributed by atoms with van der Waals surface area (Å²) >= 11 is 0. The van der Waals surface area contributed by atoms with Gasteiger partial charge in [0.05, 0.1) is 24.9 Å². The molecular weight excluding hydrogens is 526 g/mol. The van der Waals surface area contributed by atoms with E-state index in [9.17, 15) is 14.9 Å². The van der Waals surface area contributed by atoms with Gasteiger partial charge < -0.3 is 18.9 Å². The number of nitrogens with zero attached hydrogens (tertiary/aromatic N) is 2. The zero-order valence-electron chi connectivity index (χ0n) is 22.6. The van der Waals surface area contributed by atoms with Crippen LogP contribution in [0.15, 0.2) is 96.1 Å². The quantitative estimate of drug-likeness (QED) is 0.123. The Bertz CT molecular complexity index is 1520. The topological polar surface area (TPSA) is 122 Å². The molecule has 0 heterocycles. The summed E-state index contributed by atoms with van der Waals surface area (Å²) in [6.45, 7) is 2.98. The average Bonchev–Trinajstić information content (AvgIpc) is 3.00. The van der Waals surface area contributed by atoms with Crippen molar-refractivity contribution in [3.05, 3.63) is 123 Å². The molecule has 10 heteroatoms. The minimum atomic E-state index is -0.568. The molecule has 0 aliphatic heterocycles. The van der Waals surface area contributed by atoms with E-state index in [-0.39, 0.29) is 17.9 Å². The maximum absolute atomic E-state index is 12.3. The first kappa shape index (κ1) is 28.6. The van der Waals surface area contributed by atoms with Crippen LogP contribution in [0.4, 0.5) is 5.69 Å². The van der Waals surface area contributed by atoms with Crippen LogP contribution in [-0.2, 0) is 13.2 Å². The number of methoxy groups -OCH3 is 1. The van der Waals surface area contributed by atoms with Gasteiger partial charge in [0.25, 0.3) is 11.6 Å². The number of amides is 1. The first-order valence-corrected chi connectivity index (χ1v) is 12.8. The lowest BCUT2D eigenvalue weighted by Crippen LogP contribution is -2.17. The van der Waals surface area contributed by atoms with Gasteiger partial charge in [-0.2, -0.15) is 5.10 Å². The third-order valence-electron chi connectivity index (χ3n) is 5.83. The van der Waals surface area contributed by atoms with Gasteiger partial charge in [-0.1, -0.05) is 42.5 Å². The summed E-state index contributed by atoms with van der Waals surface area (Å²) < 4.78 is 23.2. The first-order chi connectivity index (χ1) is 20.0. The number of ether oxygens (including phenoxy) is 4. The standard InChI is InChI=1S/C31H29N3O7/c1-3-39-30-16-23(19-32-33-31(35)25-10-7-11-26(18-25)34(36)37)12-14-28(30)41-21-24-13-15-27(29(17-24)38-2)40-20-22-8-5-4-6-9-22/h4-19H,3,20-21H2,1-2H3,(H,33,35)/b32-19+. The summed E-state index contributed by atoms with van der Waals surface area (Å²) in [7, 11) is 1.59. The third kappa shape index (κ3) is 8.06. The fraction of sp³-hybridized carbons (Fsp3) is 0.161. The van der Waals surface area contributed by atoms with E-state index in [4.69, 9.17) is 18.9 Å². The number of benzene rings is 4. The lowest BCUT2D eigenvalue weighted by Gasteiger charge is -2.15. The van der Waals surface area contributed by atoms with Crippen molar-refractivity contribution in [2.75, 3.05) is 13.7 Å². The fourth-order valence-electron chi connectivity index (χ4n) is 3.80. The lowest BCUT2D eigenvalue weighted by atomic mass is 10.2. The average molecular weight is 556 g/mol. The highest BCUT2D eigenvalue weighted by Crippen LogP contribution is 2.32. The van der Waals surface area contributed by atoms with Gasteiger partial charge in [0.2, 0.25) is 0 Å². The Balaban J connectivity index is 1.38. The fourth-order valence-corrected chi connectivity index (χ4v) is 3.80. The predicted octanol–water partition coefficient (Wildman–Crippen LogP) is 5.92. The molecule has 0 bridgehead atoms. The smallest absolute Gasteiger partial charge is 0.271 e. The van der Waals surface area contributed by atoms with E-state index in [0.29, 0.717) is 41.8 Å². The highest BCUT2D eigenvalue weighted by Gasteiger charge is 2.12. The highest BCUT2D eigenvalue weighted by atomic mass is 16.6. The Morgan fingerprint density at radius 1 is 0.829 bits per heavy atom. The van der Waals surface area contributed by atoms with E-state index in [0.717, 1.165) is 11.1 Å². The predicted molar refractivity (Wildman–Crippen MR) is 154 cm³/mol. The monoisotopic (exact) mass is 555 g/mol. The second-order valence-electron chi connectivity index (χ2n) is 8.69. The summed E-state index contributed by atoms with van der Waals surface area (Å²) in [5.74, 6) is 1.72. The van der Waals surface area contributed by atoms with Crippen LogP contribution in [0.3, 0.4) is 0 Å². The number of non-ortho nitro benzene ring substituents is 1. The van der Waals surface area contributed by atoms with Crippen LogP contribution >= 0.6 is 0 Å². The zero-order valence-corrected chi connectivity index (χ0v) is 22.6. The molecule has 0 radical (unpaired) electrons. The van der Waals surface area contributed by atoms with Crippen LogP contribution in [-0.4, -0.2) is 30.8 Å². The van der Waals surface area contributed by atoms with Gasteiger partial charge in [-0.15, -0.1) is 0 Å². The molecule has 0 saturated carbocycles. The molecule has 1 amide bonds. The Morgan fingerprint density at radius 2 is 1.56 bits per heavy atom. The lowest BCUT2D eigenvalue weighted by molar-refractivity contribution is -0.384. The summed E-state index contributed by atoms with van der Waals surface area (Å²) in [4.78, 5) is 22.7. The molecule has 41 heavy (non-hydrogen) atoms. The largest absolute Gasteiger partial charge is 0.493 e. The minimum absolute atomic E-state index is 0.127. The minimum Gasteiger partial charge on any atom is -0.493 e. The van der Waals surface area contributed by atoms with E-state index in [1.54, 1.807) is 25.3 Å². The van der Waals surface area contributed by atoms with Crippen molar-refractivity contribution < 1.29 is 28.7 Å². The maximum atomic E-state index is 12.3. The molecule has 0 fully saturated rings. The van der Waals surface area contributed by atoms with Crippen LogP contribution < -0.4 is 24.4 Å². The van der Waals surface area contributed by atoms with Crippen LogP contribution in [0.2, 0.25) is 0 Å². The Labute approximate surface area is 237 Å². The van der Waals surface area contributed by atoms with Crippen LogP contribution in [0, 0.1) is 10.1 Å². The van der Waals surface area contributed by atoms with Crippen molar-refractivity contribution in [2.45, 2.75) is 20.1 Å². The zero-order chi connectivity index (χ0) is 29.0. The number of nitro groups is 1. The number of hydrazone groups is 1. The molecule has 0 aliphatic rings. The molecule has 210 valence electrons. The Morgan fingerprint density at radius 3 is 2.29 bits per heavy atom. The molecular formula is C31H29N3O7. The van der Waals surface area contributed by atoms with Crippen molar-refractivity contribution in [3.8, 4) is 23.0 Å². The second-order valence-corrected chi connectivity index (χ2v) is 8.69. The summed E-state index contributed by atoms with van der Waals surface area (Å²) in [5.41, 5.74) is 4.92. The Kier molecular flexibility index (Phi) is 9.87. The van der Waals surface area contributed by atoms with Crippen LogP contribution in [0.5, 0.6) is 23.0 Å². The second kappa shape index (κ2) is 14.1. The van der Waals surface area contributed by atoms with E-state index in [2.05, 4.69) is 10.5 Å². The van der Waals surface area contributed by atoms with Gasteiger partial charge in [0.15, 0.2) is 23.0 Å². The molecule has 1 N–H and O–H groups in total. The van der Waals surface area contributed by atoms with E-state index in [1.807, 2.05) is 55.5 Å². The number of nitrogens with one attached hydrogen (secondary N) is 1. The molecule has 4 rings (SSSR count). The van der Waals surface area contributed by atoms with Crippen molar-refractivity contribution in [1.82, 2.24) is 5.43 Å². The van der Waals surface area contributed by atoms with E-state index < -0.39 is 10.8 Å². The number of carbonyl (C=O) groups is 1. The number of rotatable bonds is 13. The van der Waals surface area contributed by atoms with Gasteiger partial charge in [-0.3, -0.25) is 14.9 Å². The maximum Gasteiger partial charge on any atom is 0.271 e. The van der Waals surface area contributed by atoms with Crippen molar-refractivity contribution in [1.29, 1.82) is 0 Å². The van der Waals surface area contributed by atoms with Gasteiger partial charge >= 0.3 is 0 Å². The summed E-state index contributed by atoms with van der Waals surface area (Å²) in [6, 6.07) is 26.2. The van der Waals surface area contributed by atoms with Crippen LogP contribution in [0.25, 0.3) is 0 Å². The molecule has 4 aromatic carbocycles. The van der Waals surface area contributed by atoms with Gasteiger partial charge in [0, 0.05) is 17.7 Å². The molecule has 4 aromatic rings. The van der Waals surface area contributed by atoms with Gasteiger partial charge in [-0.05, 0) is 60.0 Å². The molecule has 0 spiro atoms. The van der Waals surface area contributed by atoms with E-state index >= 15 is 0 Å². The van der Waals surface area contributed by atoms with Crippen molar-refractivity contribution in [2.24, 2.45) is 5.10 Å². The molecule has 0 aliphatic carbocycles. The molecule has 0 atom stereocenters. The molecule has 0 aromatic heterocycles. The normalized spacial score (nSPS) is 10.7. The number of carbonyl (C=O) groups excluding carboxylic acids is 1. The van der Waals surface area contributed by atoms with E-state index in [1.165, 1.54) is 30.5 Å². The number of hydrogen-bond acceptors (Lipinski definition) is 8. The SMILES string of the molecule is CCOc1cc(/C=N/NC(=O)c2cccc([N+](=O)[O-])c2)ccc1OCc1ccc(OCc2ccccc2)c(OC)c1. The highest BCUT2D eigenvalue weighted by molar-refractivity contribution is 5.95.